The summed E-state index contributed by atoms with van der Waals surface area (Å²) in [5.41, 5.74) is 2.94. The monoisotopic (exact) mass is 411 g/mol. The van der Waals surface area contributed by atoms with E-state index >= 15 is 0 Å². The van der Waals surface area contributed by atoms with Gasteiger partial charge in [0.25, 0.3) is 0 Å². The lowest BCUT2D eigenvalue weighted by atomic mass is 10.0. The Bertz CT molecular complexity index is 970. The van der Waals surface area contributed by atoms with Crippen LogP contribution in [0.2, 0.25) is 0 Å². The maximum Gasteiger partial charge on any atom is 0.416 e. The van der Waals surface area contributed by atoms with Crippen molar-refractivity contribution in [3.05, 3.63) is 101 Å². The van der Waals surface area contributed by atoms with Gasteiger partial charge in [-0.2, -0.15) is 13.2 Å². The molecule has 2 nitrogen and oxygen atoms in total. The third kappa shape index (κ3) is 4.68. The number of hydrogen-bond donors (Lipinski definition) is 0. The molecule has 2 atom stereocenters. The summed E-state index contributed by atoms with van der Waals surface area (Å²) in [4.78, 5) is 2.27. The van der Waals surface area contributed by atoms with E-state index in [2.05, 4.69) is 36.2 Å². The maximum absolute atomic E-state index is 12.9. The number of rotatable bonds is 6. The Morgan fingerprint density at radius 1 is 0.900 bits per heavy atom. The molecule has 0 radical (unpaired) electrons. The molecule has 0 saturated carbocycles. The summed E-state index contributed by atoms with van der Waals surface area (Å²) in [5, 5.41) is 0. The summed E-state index contributed by atoms with van der Waals surface area (Å²) in [7, 11) is 2.09. The zero-order valence-electron chi connectivity index (χ0n) is 16.8. The molecule has 0 aliphatic heterocycles. The molecule has 0 saturated heterocycles. The lowest BCUT2D eigenvalue weighted by molar-refractivity contribution is -0.137. The Hall–Kier alpha value is -2.79. The summed E-state index contributed by atoms with van der Waals surface area (Å²) >= 11 is 0. The van der Waals surface area contributed by atoms with Crippen LogP contribution in [0.25, 0.3) is 0 Å². The van der Waals surface area contributed by atoms with Crippen molar-refractivity contribution in [1.82, 2.24) is 4.90 Å². The van der Waals surface area contributed by atoms with Gasteiger partial charge in [-0.15, -0.1) is 0 Å². The highest BCUT2D eigenvalue weighted by Crippen LogP contribution is 2.40. The van der Waals surface area contributed by atoms with Gasteiger partial charge in [-0.05, 0) is 54.4 Å². The Kier molecular flexibility index (Phi) is 5.82. The SMILES string of the molecule is CN(Cc1ccccc1)CC1Cc2ccccc2C1Oc1ccc(C(F)(F)F)cc1. The number of benzene rings is 3. The van der Waals surface area contributed by atoms with Gasteiger partial charge < -0.3 is 9.64 Å². The second-order valence-corrected chi connectivity index (χ2v) is 7.91. The summed E-state index contributed by atoms with van der Waals surface area (Å²) < 4.78 is 44.8. The molecule has 1 aliphatic carbocycles. The van der Waals surface area contributed by atoms with E-state index < -0.39 is 11.7 Å². The maximum atomic E-state index is 12.9. The Balaban J connectivity index is 1.50. The van der Waals surface area contributed by atoms with Gasteiger partial charge in [-0.3, -0.25) is 0 Å². The van der Waals surface area contributed by atoms with E-state index in [1.165, 1.54) is 23.3 Å². The van der Waals surface area contributed by atoms with Gasteiger partial charge in [-0.1, -0.05) is 54.6 Å². The van der Waals surface area contributed by atoms with Crippen molar-refractivity contribution in [2.45, 2.75) is 25.2 Å². The first kappa shape index (κ1) is 20.5. The van der Waals surface area contributed by atoms with Gasteiger partial charge in [0.15, 0.2) is 0 Å². The van der Waals surface area contributed by atoms with Crippen LogP contribution in [0.5, 0.6) is 5.75 Å². The van der Waals surface area contributed by atoms with Crippen molar-refractivity contribution in [2.75, 3.05) is 13.6 Å². The molecule has 2 unspecified atom stereocenters. The van der Waals surface area contributed by atoms with E-state index in [4.69, 9.17) is 4.74 Å². The largest absolute Gasteiger partial charge is 0.485 e. The quantitative estimate of drug-likeness (QED) is 0.484. The van der Waals surface area contributed by atoms with Gasteiger partial charge in [0.2, 0.25) is 0 Å². The summed E-state index contributed by atoms with van der Waals surface area (Å²) in [5.74, 6) is 0.679. The van der Waals surface area contributed by atoms with Crippen molar-refractivity contribution in [1.29, 1.82) is 0 Å². The lowest BCUT2D eigenvalue weighted by Crippen LogP contribution is -2.29. The fourth-order valence-electron chi connectivity index (χ4n) is 4.19. The Labute approximate surface area is 174 Å². The molecule has 0 amide bonds. The highest BCUT2D eigenvalue weighted by molar-refractivity contribution is 5.37. The van der Waals surface area contributed by atoms with Crippen LogP contribution in [0.3, 0.4) is 0 Å². The fraction of sp³-hybridized carbons (Fsp3) is 0.280. The molecule has 0 heterocycles. The third-order valence-electron chi connectivity index (χ3n) is 5.56. The molecule has 0 fully saturated rings. The van der Waals surface area contributed by atoms with Gasteiger partial charge in [0, 0.05) is 19.0 Å². The zero-order chi connectivity index (χ0) is 21.1. The summed E-state index contributed by atoms with van der Waals surface area (Å²) in [6.45, 7) is 1.66. The van der Waals surface area contributed by atoms with Crippen molar-refractivity contribution < 1.29 is 17.9 Å². The minimum atomic E-state index is -4.35. The van der Waals surface area contributed by atoms with E-state index in [0.29, 0.717) is 5.75 Å². The lowest BCUT2D eigenvalue weighted by Gasteiger charge is -2.27. The number of alkyl halides is 3. The molecule has 3 aromatic carbocycles. The van der Waals surface area contributed by atoms with Crippen molar-refractivity contribution in [2.24, 2.45) is 5.92 Å². The van der Waals surface area contributed by atoms with Crippen LogP contribution in [0.15, 0.2) is 78.9 Å². The van der Waals surface area contributed by atoms with Crippen LogP contribution in [0.4, 0.5) is 13.2 Å². The molecular weight excluding hydrogens is 387 g/mol. The molecule has 0 aromatic heterocycles. The first-order chi connectivity index (χ1) is 14.4. The van der Waals surface area contributed by atoms with Gasteiger partial charge in [0.1, 0.15) is 11.9 Å². The normalized spacial score (nSPS) is 18.4. The zero-order valence-corrected chi connectivity index (χ0v) is 16.8. The molecule has 5 heteroatoms. The molecule has 30 heavy (non-hydrogen) atoms. The van der Waals surface area contributed by atoms with E-state index in [1.807, 2.05) is 30.3 Å². The van der Waals surface area contributed by atoms with Crippen LogP contribution in [0, 0.1) is 5.92 Å². The molecule has 4 rings (SSSR count). The number of hydrogen-bond acceptors (Lipinski definition) is 2. The van der Waals surface area contributed by atoms with Crippen molar-refractivity contribution >= 4 is 0 Å². The second kappa shape index (κ2) is 8.52. The van der Waals surface area contributed by atoms with Crippen LogP contribution in [-0.2, 0) is 19.1 Å². The molecule has 1 aliphatic rings. The highest BCUT2D eigenvalue weighted by atomic mass is 19.4. The number of fused-ring (bicyclic) bond motifs is 1. The minimum Gasteiger partial charge on any atom is -0.485 e. The average molecular weight is 411 g/mol. The van der Waals surface area contributed by atoms with E-state index in [1.54, 1.807) is 0 Å². The van der Waals surface area contributed by atoms with Gasteiger partial charge in [0.05, 0.1) is 5.56 Å². The van der Waals surface area contributed by atoms with Crippen LogP contribution >= 0.6 is 0 Å². The first-order valence-corrected chi connectivity index (χ1v) is 10.0. The molecular formula is C25H24F3NO. The Morgan fingerprint density at radius 2 is 1.57 bits per heavy atom. The standard InChI is InChI=1S/C25H24F3NO/c1-29(16-18-7-3-2-4-8-18)17-20-15-19-9-5-6-10-23(19)24(20)30-22-13-11-21(12-14-22)25(26,27)28/h2-14,20,24H,15-17H2,1H3. The third-order valence-corrected chi connectivity index (χ3v) is 5.56. The topological polar surface area (TPSA) is 12.5 Å². The summed E-state index contributed by atoms with van der Waals surface area (Å²) in [6.07, 6.45) is -3.64. The van der Waals surface area contributed by atoms with Crippen LogP contribution < -0.4 is 4.74 Å². The predicted octanol–water partition coefficient (Wildman–Crippen LogP) is 6.13. The van der Waals surface area contributed by atoms with Gasteiger partial charge >= 0.3 is 6.18 Å². The highest BCUT2D eigenvalue weighted by Gasteiger charge is 2.35. The number of ether oxygens (including phenoxy) is 1. The summed E-state index contributed by atoms with van der Waals surface area (Å²) in [6, 6.07) is 23.4. The smallest absolute Gasteiger partial charge is 0.416 e. The fourth-order valence-corrected chi connectivity index (χ4v) is 4.19. The Morgan fingerprint density at radius 3 is 2.27 bits per heavy atom. The van der Waals surface area contributed by atoms with Crippen molar-refractivity contribution in [3.63, 3.8) is 0 Å². The van der Waals surface area contributed by atoms with Gasteiger partial charge in [-0.25, -0.2) is 0 Å². The predicted molar refractivity (Wildman–Crippen MR) is 111 cm³/mol. The molecule has 0 N–H and O–H groups in total. The number of halogens is 3. The number of nitrogens with zero attached hydrogens (tertiary/aromatic N) is 1. The van der Waals surface area contributed by atoms with E-state index in [9.17, 15) is 13.2 Å². The molecule has 3 aromatic rings. The molecule has 0 spiro atoms. The minimum absolute atomic E-state index is 0.184. The average Bonchev–Trinajstić information content (AvgIpc) is 3.05. The van der Waals surface area contributed by atoms with E-state index in [0.717, 1.165) is 37.2 Å². The second-order valence-electron chi connectivity index (χ2n) is 7.91. The van der Waals surface area contributed by atoms with E-state index in [-0.39, 0.29) is 12.0 Å². The van der Waals surface area contributed by atoms with Crippen LogP contribution in [-0.4, -0.2) is 18.5 Å². The first-order valence-electron chi connectivity index (χ1n) is 10.0. The van der Waals surface area contributed by atoms with Crippen LogP contribution in [0.1, 0.15) is 28.4 Å². The molecule has 156 valence electrons. The molecule has 0 bridgehead atoms. The van der Waals surface area contributed by atoms with Crippen molar-refractivity contribution in [3.8, 4) is 5.75 Å².